The lowest BCUT2D eigenvalue weighted by Gasteiger charge is -2.21. The third kappa shape index (κ3) is 3.94. The predicted molar refractivity (Wildman–Crippen MR) is 94.6 cm³/mol. The molecule has 23 heavy (non-hydrogen) atoms. The fourth-order valence-electron chi connectivity index (χ4n) is 2.41. The molecule has 4 N–H and O–H groups in total. The Hall–Kier alpha value is -2.69. The van der Waals surface area contributed by atoms with Gasteiger partial charge in [0.2, 0.25) is 5.91 Å². The smallest absolute Gasteiger partial charge is 0.225 e. The minimum atomic E-state index is -0.0454. The third-order valence-electron chi connectivity index (χ3n) is 3.75. The number of nitrogens with two attached hydrogens (primary N) is 1. The van der Waals surface area contributed by atoms with E-state index in [4.69, 9.17) is 11.1 Å². The van der Waals surface area contributed by atoms with E-state index in [1.807, 2.05) is 38.1 Å². The molecule has 120 valence electrons. The number of allylic oxidation sites excluding steroid dienone is 2. The van der Waals surface area contributed by atoms with Crippen molar-refractivity contribution >= 4 is 23.1 Å². The van der Waals surface area contributed by atoms with Crippen molar-refractivity contribution in [1.82, 2.24) is 5.32 Å². The Balaban J connectivity index is 2.41. The number of para-hydroxylation sites is 1. The third-order valence-corrected chi connectivity index (χ3v) is 3.75. The van der Waals surface area contributed by atoms with Crippen molar-refractivity contribution < 1.29 is 4.79 Å². The molecule has 1 heterocycles. The zero-order valence-corrected chi connectivity index (χ0v) is 13.5. The Kier molecular flexibility index (Phi) is 5.46. The molecule has 1 fully saturated rings. The second-order valence-electron chi connectivity index (χ2n) is 5.38. The van der Waals surface area contributed by atoms with Gasteiger partial charge < -0.3 is 11.1 Å². The number of amides is 1. The molecule has 1 aliphatic rings. The highest BCUT2D eigenvalue weighted by atomic mass is 16.1. The highest BCUT2D eigenvalue weighted by Gasteiger charge is 2.22. The van der Waals surface area contributed by atoms with Gasteiger partial charge in [0.05, 0.1) is 5.71 Å². The molecule has 0 spiro atoms. The first kappa shape index (κ1) is 16.7. The molecule has 1 saturated heterocycles. The summed E-state index contributed by atoms with van der Waals surface area (Å²) in [7, 11) is 0. The van der Waals surface area contributed by atoms with Crippen molar-refractivity contribution in [3.63, 3.8) is 0 Å². The minimum absolute atomic E-state index is 0.0454. The van der Waals surface area contributed by atoms with Crippen LogP contribution in [0.1, 0.15) is 38.7 Å². The number of hydrogen-bond acceptors (Lipinski definition) is 4. The lowest BCUT2D eigenvalue weighted by atomic mass is 9.93. The van der Waals surface area contributed by atoms with Crippen LogP contribution in [0.15, 0.2) is 52.7 Å². The number of nitrogens with zero attached hydrogens (tertiary/aromatic N) is 1. The summed E-state index contributed by atoms with van der Waals surface area (Å²) in [6.45, 7) is 3.90. The molecule has 1 amide bonds. The molecule has 1 aliphatic heterocycles. The molecule has 1 aromatic carbocycles. The van der Waals surface area contributed by atoms with Gasteiger partial charge in [-0.3, -0.25) is 10.2 Å². The normalized spacial score (nSPS) is 19.0. The van der Waals surface area contributed by atoms with Gasteiger partial charge in [-0.15, -0.1) is 0 Å². The number of benzene rings is 1. The summed E-state index contributed by atoms with van der Waals surface area (Å²) in [6.07, 6.45) is 5.46. The molecule has 0 aliphatic carbocycles. The maximum atomic E-state index is 11.7. The van der Waals surface area contributed by atoms with Crippen LogP contribution in [-0.2, 0) is 4.79 Å². The van der Waals surface area contributed by atoms with Gasteiger partial charge in [-0.25, -0.2) is 4.99 Å². The van der Waals surface area contributed by atoms with E-state index < -0.39 is 0 Å². The van der Waals surface area contributed by atoms with E-state index >= 15 is 0 Å². The van der Waals surface area contributed by atoms with Crippen LogP contribution >= 0.6 is 0 Å². The summed E-state index contributed by atoms with van der Waals surface area (Å²) in [5, 5.41) is 11.2. The lowest BCUT2D eigenvalue weighted by molar-refractivity contribution is -0.119. The van der Waals surface area contributed by atoms with Crippen molar-refractivity contribution in [2.45, 2.75) is 33.1 Å². The zero-order chi connectivity index (χ0) is 16.8. The molecule has 2 rings (SSSR count). The minimum Gasteiger partial charge on any atom is -0.398 e. The number of rotatable bonds is 4. The molecule has 5 heteroatoms. The van der Waals surface area contributed by atoms with Crippen molar-refractivity contribution in [1.29, 1.82) is 5.41 Å². The van der Waals surface area contributed by atoms with Crippen molar-refractivity contribution in [3.05, 3.63) is 53.3 Å². The Labute approximate surface area is 136 Å². The van der Waals surface area contributed by atoms with Crippen LogP contribution in [0.3, 0.4) is 0 Å². The Morgan fingerprint density at radius 2 is 2.13 bits per heavy atom. The molecule has 0 saturated carbocycles. The highest BCUT2D eigenvalue weighted by molar-refractivity contribution is 6.20. The SMILES string of the molecule is CC/C=C/N=C1\NC(=O)CC\C1=C(\C)C(=N)c1ccccc1N. The van der Waals surface area contributed by atoms with Gasteiger partial charge in [0.1, 0.15) is 5.84 Å². The average molecular weight is 310 g/mol. The molecular formula is C18H22N4O. The average Bonchev–Trinajstić information content (AvgIpc) is 2.54. The number of nitrogens with one attached hydrogen (secondary N) is 2. The molecule has 5 nitrogen and oxygen atoms in total. The molecule has 0 aromatic heterocycles. The van der Waals surface area contributed by atoms with E-state index in [2.05, 4.69) is 10.3 Å². The summed E-state index contributed by atoms with van der Waals surface area (Å²) in [6, 6.07) is 7.32. The van der Waals surface area contributed by atoms with E-state index in [-0.39, 0.29) is 5.91 Å². The first-order chi connectivity index (χ1) is 11.0. The Morgan fingerprint density at radius 3 is 2.83 bits per heavy atom. The van der Waals surface area contributed by atoms with Gasteiger partial charge in [-0.05, 0) is 31.4 Å². The van der Waals surface area contributed by atoms with Gasteiger partial charge >= 0.3 is 0 Å². The van der Waals surface area contributed by atoms with E-state index in [1.54, 1.807) is 12.3 Å². The van der Waals surface area contributed by atoms with E-state index in [0.29, 0.717) is 35.6 Å². The first-order valence-corrected chi connectivity index (χ1v) is 7.71. The Morgan fingerprint density at radius 1 is 1.39 bits per heavy atom. The lowest BCUT2D eigenvalue weighted by Crippen LogP contribution is -2.37. The van der Waals surface area contributed by atoms with Crippen LogP contribution in [0.5, 0.6) is 0 Å². The van der Waals surface area contributed by atoms with Gasteiger partial charge in [0.15, 0.2) is 0 Å². The number of anilines is 1. The highest BCUT2D eigenvalue weighted by Crippen LogP contribution is 2.22. The summed E-state index contributed by atoms with van der Waals surface area (Å²) in [5.41, 5.74) is 9.27. The largest absolute Gasteiger partial charge is 0.398 e. The second-order valence-corrected chi connectivity index (χ2v) is 5.38. The first-order valence-electron chi connectivity index (χ1n) is 7.71. The quantitative estimate of drug-likeness (QED) is 0.588. The zero-order valence-electron chi connectivity index (χ0n) is 13.5. The summed E-state index contributed by atoms with van der Waals surface area (Å²) in [5.74, 6) is 0.485. The van der Waals surface area contributed by atoms with Crippen LogP contribution in [0.2, 0.25) is 0 Å². The van der Waals surface area contributed by atoms with Crippen molar-refractivity contribution in [2.75, 3.05) is 5.73 Å². The van der Waals surface area contributed by atoms with Crippen molar-refractivity contribution in [3.8, 4) is 0 Å². The molecule has 0 atom stereocenters. The van der Waals surface area contributed by atoms with E-state index in [0.717, 1.165) is 17.6 Å². The number of amidine groups is 1. The monoisotopic (exact) mass is 310 g/mol. The number of aliphatic imine (C=N–C) groups is 1. The van der Waals surface area contributed by atoms with E-state index in [1.165, 1.54) is 0 Å². The number of hydrogen-bond donors (Lipinski definition) is 3. The van der Waals surface area contributed by atoms with E-state index in [9.17, 15) is 4.79 Å². The standard InChI is InChI=1S/C18H22N4O/c1-3-4-11-21-18-13(9-10-16(23)22-18)12(2)17(20)14-7-5-6-8-15(14)19/h4-8,11,20H,3,9-10,19H2,1-2H3,(H,21,22,23)/b11-4+,13-12+,20-17?. The number of piperidine rings is 1. The van der Waals surface area contributed by atoms with Crippen LogP contribution in [0.25, 0.3) is 0 Å². The van der Waals surface area contributed by atoms with Crippen LogP contribution in [0.4, 0.5) is 5.69 Å². The number of carbonyl (C=O) groups excluding carboxylic acids is 1. The van der Waals surface area contributed by atoms with Gasteiger partial charge in [-0.2, -0.15) is 0 Å². The molecule has 1 aromatic rings. The second kappa shape index (κ2) is 7.54. The maximum Gasteiger partial charge on any atom is 0.225 e. The fourth-order valence-corrected chi connectivity index (χ4v) is 2.41. The molecule has 0 radical (unpaired) electrons. The van der Waals surface area contributed by atoms with Crippen LogP contribution in [-0.4, -0.2) is 17.5 Å². The van der Waals surface area contributed by atoms with Gasteiger partial charge in [0, 0.05) is 29.4 Å². The summed E-state index contributed by atoms with van der Waals surface area (Å²) >= 11 is 0. The summed E-state index contributed by atoms with van der Waals surface area (Å²) in [4.78, 5) is 16.0. The fraction of sp³-hybridized carbons (Fsp3) is 0.278. The van der Waals surface area contributed by atoms with Crippen LogP contribution < -0.4 is 11.1 Å². The van der Waals surface area contributed by atoms with Crippen LogP contribution in [0, 0.1) is 5.41 Å². The molecule has 0 unspecified atom stereocenters. The summed E-state index contributed by atoms with van der Waals surface area (Å²) < 4.78 is 0. The predicted octanol–water partition coefficient (Wildman–Crippen LogP) is 3.19. The van der Waals surface area contributed by atoms with Crippen molar-refractivity contribution in [2.24, 2.45) is 4.99 Å². The van der Waals surface area contributed by atoms with Gasteiger partial charge in [-0.1, -0.05) is 31.2 Å². The Bertz CT molecular complexity index is 713. The molecule has 0 bridgehead atoms. The molecular weight excluding hydrogens is 288 g/mol. The van der Waals surface area contributed by atoms with Gasteiger partial charge in [0.25, 0.3) is 0 Å². The number of carbonyl (C=O) groups is 1. The number of nitrogen functional groups attached to an aromatic ring is 1. The maximum absolute atomic E-state index is 11.7. The topological polar surface area (TPSA) is 91.3 Å².